The van der Waals surface area contributed by atoms with Gasteiger partial charge >= 0.3 is 5.97 Å². The first-order valence-electron chi connectivity index (χ1n) is 6.59. The molecule has 0 aromatic heterocycles. The van der Waals surface area contributed by atoms with Crippen LogP contribution in [0.2, 0.25) is 0 Å². The van der Waals surface area contributed by atoms with Gasteiger partial charge in [-0.1, -0.05) is 0 Å². The van der Waals surface area contributed by atoms with E-state index in [1.54, 1.807) is 11.9 Å². The Morgan fingerprint density at radius 2 is 1.89 bits per heavy atom. The first-order valence-corrected chi connectivity index (χ1v) is 6.59. The first-order chi connectivity index (χ1) is 8.83. The van der Waals surface area contributed by atoms with Crippen molar-refractivity contribution < 1.29 is 19.1 Å². The van der Waals surface area contributed by atoms with Gasteiger partial charge in [-0.15, -0.1) is 0 Å². The molecular formula is C13H24N2O4. The number of hydrogen-bond donors (Lipinski definition) is 1. The molecule has 1 aliphatic rings. The molecule has 1 N–H and O–H groups in total. The van der Waals surface area contributed by atoms with E-state index in [4.69, 9.17) is 9.47 Å². The molecule has 1 fully saturated rings. The van der Waals surface area contributed by atoms with Crippen LogP contribution in [-0.2, 0) is 19.1 Å². The fourth-order valence-electron chi connectivity index (χ4n) is 1.87. The van der Waals surface area contributed by atoms with Gasteiger partial charge in [-0.25, -0.2) is 0 Å². The third kappa shape index (κ3) is 5.57. The quantitative estimate of drug-likeness (QED) is 0.739. The average Bonchev–Trinajstić information content (AvgIpc) is 2.34. The Hall–Kier alpha value is -1.14. The predicted molar refractivity (Wildman–Crippen MR) is 70.7 cm³/mol. The molecule has 110 valence electrons. The third-order valence-corrected chi connectivity index (χ3v) is 2.76. The summed E-state index contributed by atoms with van der Waals surface area (Å²) >= 11 is 0. The van der Waals surface area contributed by atoms with Crippen LogP contribution in [0.4, 0.5) is 0 Å². The number of carbonyl (C=O) groups excluding carboxylic acids is 2. The summed E-state index contributed by atoms with van der Waals surface area (Å²) in [5, 5.41) is 2.88. The fraction of sp³-hybridized carbons (Fsp3) is 0.846. The van der Waals surface area contributed by atoms with Crippen molar-refractivity contribution in [2.45, 2.75) is 38.8 Å². The number of nitrogens with zero attached hydrogens (tertiary/aromatic N) is 1. The van der Waals surface area contributed by atoms with Crippen LogP contribution in [0.1, 0.15) is 27.2 Å². The second-order valence-electron chi connectivity index (χ2n) is 5.57. The smallest absolute Gasteiger partial charge is 0.308 e. The zero-order valence-corrected chi connectivity index (χ0v) is 12.2. The number of amides is 1. The van der Waals surface area contributed by atoms with Gasteiger partial charge in [-0.2, -0.15) is 0 Å². The monoisotopic (exact) mass is 272 g/mol. The van der Waals surface area contributed by atoms with E-state index in [0.717, 1.165) is 0 Å². The van der Waals surface area contributed by atoms with Crippen molar-refractivity contribution in [3.8, 4) is 0 Å². The van der Waals surface area contributed by atoms with Crippen LogP contribution < -0.4 is 5.32 Å². The maximum absolute atomic E-state index is 12.2. The van der Waals surface area contributed by atoms with E-state index >= 15 is 0 Å². The van der Waals surface area contributed by atoms with Gasteiger partial charge in [-0.05, 0) is 27.8 Å². The van der Waals surface area contributed by atoms with Crippen LogP contribution in [0, 0.1) is 0 Å². The van der Waals surface area contributed by atoms with E-state index in [2.05, 4.69) is 5.32 Å². The van der Waals surface area contributed by atoms with Gasteiger partial charge in [0.05, 0.1) is 25.7 Å². The van der Waals surface area contributed by atoms with Crippen LogP contribution in [0.5, 0.6) is 0 Å². The summed E-state index contributed by atoms with van der Waals surface area (Å²) in [4.78, 5) is 25.7. The van der Waals surface area contributed by atoms with E-state index in [9.17, 15) is 9.59 Å². The molecule has 1 aliphatic heterocycles. The lowest BCUT2D eigenvalue weighted by Gasteiger charge is -2.30. The number of morpholine rings is 1. The fourth-order valence-corrected chi connectivity index (χ4v) is 1.87. The Bertz CT molecular complexity index is 319. The predicted octanol–water partition coefficient (Wildman–Crippen LogP) is 0.165. The number of carbonyl (C=O) groups is 2. The highest BCUT2D eigenvalue weighted by molar-refractivity contribution is 5.86. The zero-order valence-electron chi connectivity index (χ0n) is 12.2. The van der Waals surface area contributed by atoms with Gasteiger partial charge < -0.3 is 19.7 Å². The molecule has 6 heteroatoms. The normalized spacial score (nSPS) is 18.0. The minimum absolute atomic E-state index is 0.0456. The van der Waals surface area contributed by atoms with E-state index in [0.29, 0.717) is 26.3 Å². The highest BCUT2D eigenvalue weighted by Crippen LogP contribution is 2.11. The molecule has 1 amide bonds. The Morgan fingerprint density at radius 1 is 1.32 bits per heavy atom. The summed E-state index contributed by atoms with van der Waals surface area (Å²) in [5.41, 5.74) is -0.530. The lowest BCUT2D eigenvalue weighted by Crippen LogP contribution is -2.50. The highest BCUT2D eigenvalue weighted by Gasteiger charge is 2.28. The standard InChI is InChI=1S/C13H24N2O4/c1-13(2,3)19-11(16)9-10(14-4)12(17)15-5-7-18-8-6-15/h10,14H,5-9H2,1-4H3. The molecule has 19 heavy (non-hydrogen) atoms. The van der Waals surface area contributed by atoms with Crippen molar-refractivity contribution in [2.75, 3.05) is 33.4 Å². The highest BCUT2D eigenvalue weighted by atomic mass is 16.6. The van der Waals surface area contributed by atoms with E-state index in [-0.39, 0.29) is 18.3 Å². The van der Waals surface area contributed by atoms with Gasteiger partial charge in [0.2, 0.25) is 5.91 Å². The van der Waals surface area contributed by atoms with E-state index in [1.807, 2.05) is 20.8 Å². The summed E-state index contributed by atoms with van der Waals surface area (Å²) in [6, 6.07) is -0.534. The molecule has 1 heterocycles. The lowest BCUT2D eigenvalue weighted by molar-refractivity contribution is -0.157. The number of esters is 1. The largest absolute Gasteiger partial charge is 0.460 e. The van der Waals surface area contributed by atoms with Gasteiger partial charge in [0, 0.05) is 13.1 Å². The van der Waals surface area contributed by atoms with Crippen LogP contribution >= 0.6 is 0 Å². The summed E-state index contributed by atoms with van der Waals surface area (Å²) < 4.78 is 10.4. The molecule has 0 spiro atoms. The minimum atomic E-state index is -0.534. The molecular weight excluding hydrogens is 248 g/mol. The summed E-state index contributed by atoms with van der Waals surface area (Å²) in [6.07, 6.45) is 0.0456. The molecule has 0 bridgehead atoms. The second kappa shape index (κ2) is 6.86. The Morgan fingerprint density at radius 3 is 2.37 bits per heavy atom. The molecule has 6 nitrogen and oxygen atoms in total. The lowest BCUT2D eigenvalue weighted by atomic mass is 10.1. The van der Waals surface area contributed by atoms with E-state index < -0.39 is 11.6 Å². The zero-order chi connectivity index (χ0) is 14.5. The maximum atomic E-state index is 12.2. The molecule has 1 rings (SSSR count). The number of ether oxygens (including phenoxy) is 2. The third-order valence-electron chi connectivity index (χ3n) is 2.76. The number of likely N-dealkylation sites (N-methyl/N-ethyl adjacent to an activating group) is 1. The molecule has 0 saturated carbocycles. The van der Waals surface area contributed by atoms with Crippen LogP contribution in [0.25, 0.3) is 0 Å². The minimum Gasteiger partial charge on any atom is -0.460 e. The maximum Gasteiger partial charge on any atom is 0.308 e. The Labute approximate surface area is 114 Å². The summed E-state index contributed by atoms with van der Waals surface area (Å²) in [7, 11) is 1.67. The Kier molecular flexibility index (Phi) is 5.75. The topological polar surface area (TPSA) is 67.9 Å². The molecule has 0 aliphatic carbocycles. The molecule has 0 aromatic rings. The average molecular weight is 272 g/mol. The number of rotatable bonds is 4. The summed E-state index contributed by atoms with van der Waals surface area (Å²) in [6.45, 7) is 7.68. The summed E-state index contributed by atoms with van der Waals surface area (Å²) in [5.74, 6) is -0.440. The van der Waals surface area contributed by atoms with Crippen molar-refractivity contribution in [2.24, 2.45) is 0 Å². The van der Waals surface area contributed by atoms with Crippen molar-refractivity contribution in [1.82, 2.24) is 10.2 Å². The van der Waals surface area contributed by atoms with E-state index in [1.165, 1.54) is 0 Å². The molecule has 0 radical (unpaired) electrons. The van der Waals surface area contributed by atoms with Crippen LogP contribution in [0.15, 0.2) is 0 Å². The molecule has 1 unspecified atom stereocenters. The van der Waals surface area contributed by atoms with Gasteiger partial charge in [0.25, 0.3) is 0 Å². The number of hydrogen-bond acceptors (Lipinski definition) is 5. The van der Waals surface area contributed by atoms with Crippen molar-refractivity contribution in [1.29, 1.82) is 0 Å². The SMILES string of the molecule is CNC(CC(=O)OC(C)(C)C)C(=O)N1CCOCC1. The van der Waals surface area contributed by atoms with Gasteiger partial charge in [0.1, 0.15) is 5.60 Å². The van der Waals surface area contributed by atoms with Crippen molar-refractivity contribution in [3.05, 3.63) is 0 Å². The molecule has 0 aromatic carbocycles. The number of nitrogens with one attached hydrogen (secondary N) is 1. The molecule has 1 atom stereocenters. The van der Waals surface area contributed by atoms with Gasteiger partial charge in [0.15, 0.2) is 0 Å². The van der Waals surface area contributed by atoms with Crippen LogP contribution in [-0.4, -0.2) is 61.8 Å². The van der Waals surface area contributed by atoms with Crippen LogP contribution in [0.3, 0.4) is 0 Å². The van der Waals surface area contributed by atoms with Gasteiger partial charge in [-0.3, -0.25) is 9.59 Å². The first kappa shape index (κ1) is 15.9. The van der Waals surface area contributed by atoms with Crippen molar-refractivity contribution in [3.63, 3.8) is 0 Å². The molecule has 1 saturated heterocycles. The van der Waals surface area contributed by atoms with Crippen molar-refractivity contribution >= 4 is 11.9 Å². The Balaban J connectivity index is 2.52. The second-order valence-corrected chi connectivity index (χ2v) is 5.57.